The average molecular weight is 377 g/mol. The number of rotatable bonds is 6. The van der Waals surface area contributed by atoms with Gasteiger partial charge in [-0.25, -0.2) is 9.97 Å². The topological polar surface area (TPSA) is 59.7 Å². The van der Waals surface area contributed by atoms with Crippen molar-refractivity contribution < 1.29 is 0 Å². The second kappa shape index (κ2) is 8.50. The van der Waals surface area contributed by atoms with Crippen LogP contribution in [0.25, 0.3) is 0 Å². The summed E-state index contributed by atoms with van der Waals surface area (Å²) in [4.78, 5) is 11.1. The summed E-state index contributed by atoms with van der Waals surface area (Å²) >= 11 is 0. The van der Waals surface area contributed by atoms with E-state index in [1.54, 1.807) is 0 Å². The summed E-state index contributed by atoms with van der Waals surface area (Å²) in [6, 6.07) is 12.5. The van der Waals surface area contributed by atoms with Gasteiger partial charge in [-0.2, -0.15) is 0 Å². The summed E-state index contributed by atoms with van der Waals surface area (Å²) < 4.78 is 2.36. The van der Waals surface area contributed by atoms with E-state index in [0.29, 0.717) is 11.8 Å². The Morgan fingerprint density at radius 1 is 0.964 bits per heavy atom. The number of aromatic nitrogens is 5. The molecule has 0 spiro atoms. The van der Waals surface area contributed by atoms with Gasteiger partial charge in [-0.1, -0.05) is 44.2 Å². The molecular weight excluding hydrogens is 348 g/mol. The normalized spacial score (nSPS) is 15.3. The third-order valence-corrected chi connectivity index (χ3v) is 5.33. The lowest BCUT2D eigenvalue weighted by Crippen LogP contribution is -2.35. The highest BCUT2D eigenvalue weighted by Gasteiger charge is 2.27. The zero-order valence-electron chi connectivity index (χ0n) is 16.7. The molecule has 1 aliphatic rings. The van der Waals surface area contributed by atoms with Crippen molar-refractivity contribution in [1.82, 2.24) is 24.7 Å². The van der Waals surface area contributed by atoms with Crippen LogP contribution in [-0.4, -0.2) is 37.8 Å². The molecule has 1 aromatic carbocycles. The van der Waals surface area contributed by atoms with Crippen LogP contribution >= 0.6 is 0 Å². The Kier molecular flexibility index (Phi) is 5.65. The highest BCUT2D eigenvalue weighted by molar-refractivity contribution is 5.30. The molecule has 0 saturated carbocycles. The van der Waals surface area contributed by atoms with E-state index in [4.69, 9.17) is 0 Å². The summed E-state index contributed by atoms with van der Waals surface area (Å²) in [5, 5.41) is 9.23. The van der Waals surface area contributed by atoms with Gasteiger partial charge in [-0.05, 0) is 30.4 Å². The van der Waals surface area contributed by atoms with E-state index in [-0.39, 0.29) is 0 Å². The molecule has 0 bridgehead atoms. The molecule has 6 heteroatoms. The van der Waals surface area contributed by atoms with E-state index in [1.807, 2.05) is 18.5 Å². The number of nitrogens with zero attached hydrogens (tertiary/aromatic N) is 6. The van der Waals surface area contributed by atoms with Crippen molar-refractivity contribution in [1.29, 1.82) is 0 Å². The quantitative estimate of drug-likeness (QED) is 0.656. The molecule has 0 atom stereocenters. The average Bonchev–Trinajstić information content (AvgIpc) is 3.11. The molecule has 0 amide bonds. The first-order valence-electron chi connectivity index (χ1n) is 10.2. The van der Waals surface area contributed by atoms with Crippen LogP contribution in [0, 0.1) is 5.92 Å². The highest BCUT2D eigenvalue weighted by atomic mass is 15.3. The lowest BCUT2D eigenvalue weighted by molar-refractivity contribution is 0.461. The maximum Gasteiger partial charge on any atom is 0.225 e. The van der Waals surface area contributed by atoms with Gasteiger partial charge in [0.25, 0.3) is 0 Å². The number of hydrogen-bond acceptors (Lipinski definition) is 5. The van der Waals surface area contributed by atoms with Crippen LogP contribution in [0.5, 0.6) is 0 Å². The minimum absolute atomic E-state index is 0.428. The number of anilines is 1. The van der Waals surface area contributed by atoms with E-state index >= 15 is 0 Å². The molecule has 3 aromatic rings. The van der Waals surface area contributed by atoms with Crippen LogP contribution < -0.4 is 4.90 Å². The molecule has 0 radical (unpaired) electrons. The van der Waals surface area contributed by atoms with Gasteiger partial charge in [0.15, 0.2) is 0 Å². The molecule has 4 rings (SSSR count). The molecule has 0 aliphatic carbocycles. The Bertz CT molecular complexity index is 867. The SMILES string of the molecule is CC(C)Cc1nnc(C2CCN(c3ncccn3)CC2)n1Cc1ccccc1. The predicted molar refractivity (Wildman–Crippen MR) is 110 cm³/mol. The second-order valence-electron chi connectivity index (χ2n) is 7.95. The Morgan fingerprint density at radius 2 is 1.68 bits per heavy atom. The fourth-order valence-electron chi connectivity index (χ4n) is 3.90. The van der Waals surface area contributed by atoms with Crippen LogP contribution in [0.4, 0.5) is 5.95 Å². The molecule has 1 fully saturated rings. The van der Waals surface area contributed by atoms with Gasteiger partial charge in [0.05, 0.1) is 6.54 Å². The minimum Gasteiger partial charge on any atom is -0.341 e. The zero-order chi connectivity index (χ0) is 19.3. The molecule has 3 heterocycles. The third kappa shape index (κ3) is 4.21. The summed E-state index contributed by atoms with van der Waals surface area (Å²) in [5.74, 6) is 4.05. The van der Waals surface area contributed by atoms with Crippen LogP contribution in [0.2, 0.25) is 0 Å². The summed E-state index contributed by atoms with van der Waals surface area (Å²) in [6.07, 6.45) is 6.67. The molecule has 0 N–H and O–H groups in total. The first kappa shape index (κ1) is 18.6. The van der Waals surface area contributed by atoms with Gasteiger partial charge in [0.2, 0.25) is 5.95 Å². The van der Waals surface area contributed by atoms with Crippen molar-refractivity contribution in [3.63, 3.8) is 0 Å². The molecule has 1 saturated heterocycles. The third-order valence-electron chi connectivity index (χ3n) is 5.33. The van der Waals surface area contributed by atoms with Crippen molar-refractivity contribution in [3.05, 3.63) is 66.0 Å². The van der Waals surface area contributed by atoms with Crippen LogP contribution in [0.3, 0.4) is 0 Å². The molecule has 0 unspecified atom stereocenters. The summed E-state index contributed by atoms with van der Waals surface area (Å²) in [5.41, 5.74) is 1.30. The first-order chi connectivity index (χ1) is 13.7. The van der Waals surface area contributed by atoms with E-state index in [0.717, 1.165) is 56.5 Å². The number of benzene rings is 1. The Balaban J connectivity index is 1.53. The van der Waals surface area contributed by atoms with Crippen molar-refractivity contribution in [2.45, 2.75) is 45.6 Å². The first-order valence-corrected chi connectivity index (χ1v) is 10.2. The molecule has 1 aliphatic heterocycles. The predicted octanol–water partition coefficient (Wildman–Crippen LogP) is 3.70. The van der Waals surface area contributed by atoms with Gasteiger partial charge >= 0.3 is 0 Å². The van der Waals surface area contributed by atoms with Crippen molar-refractivity contribution in [2.75, 3.05) is 18.0 Å². The van der Waals surface area contributed by atoms with Gasteiger partial charge in [-0.15, -0.1) is 10.2 Å². The lowest BCUT2D eigenvalue weighted by Gasteiger charge is -2.31. The fourth-order valence-corrected chi connectivity index (χ4v) is 3.90. The second-order valence-corrected chi connectivity index (χ2v) is 7.95. The summed E-state index contributed by atoms with van der Waals surface area (Å²) in [6.45, 7) is 7.21. The minimum atomic E-state index is 0.428. The molecular formula is C22H28N6. The van der Waals surface area contributed by atoms with Gasteiger partial charge in [0, 0.05) is 37.8 Å². The molecule has 2 aromatic heterocycles. The molecule has 28 heavy (non-hydrogen) atoms. The van der Waals surface area contributed by atoms with Gasteiger partial charge in [0.1, 0.15) is 11.6 Å². The van der Waals surface area contributed by atoms with Gasteiger partial charge < -0.3 is 9.47 Å². The Morgan fingerprint density at radius 3 is 2.36 bits per heavy atom. The maximum absolute atomic E-state index is 4.65. The van der Waals surface area contributed by atoms with Crippen molar-refractivity contribution in [2.24, 2.45) is 5.92 Å². The number of hydrogen-bond donors (Lipinski definition) is 0. The highest BCUT2D eigenvalue weighted by Crippen LogP contribution is 2.29. The van der Waals surface area contributed by atoms with Crippen LogP contribution in [0.1, 0.15) is 49.8 Å². The Labute approximate surface area is 166 Å². The maximum atomic E-state index is 4.65. The van der Waals surface area contributed by atoms with Crippen molar-refractivity contribution >= 4 is 5.95 Å². The van der Waals surface area contributed by atoms with Crippen LogP contribution in [-0.2, 0) is 13.0 Å². The fraction of sp³-hybridized carbons (Fsp3) is 0.455. The molecule has 146 valence electrons. The van der Waals surface area contributed by atoms with E-state index in [2.05, 4.69) is 73.8 Å². The van der Waals surface area contributed by atoms with E-state index in [9.17, 15) is 0 Å². The smallest absolute Gasteiger partial charge is 0.225 e. The largest absolute Gasteiger partial charge is 0.341 e. The van der Waals surface area contributed by atoms with Crippen molar-refractivity contribution in [3.8, 4) is 0 Å². The monoisotopic (exact) mass is 376 g/mol. The zero-order valence-corrected chi connectivity index (χ0v) is 16.7. The van der Waals surface area contributed by atoms with E-state index in [1.165, 1.54) is 5.56 Å². The number of piperidine rings is 1. The standard InChI is InChI=1S/C22H28N6/c1-17(2)15-20-25-26-21(28(20)16-18-7-4-3-5-8-18)19-9-13-27(14-10-19)22-23-11-6-12-24-22/h3-8,11-12,17,19H,9-10,13-16H2,1-2H3. The van der Waals surface area contributed by atoms with Gasteiger partial charge in [-0.3, -0.25) is 0 Å². The molecule has 6 nitrogen and oxygen atoms in total. The van der Waals surface area contributed by atoms with E-state index < -0.39 is 0 Å². The Hall–Kier alpha value is -2.76. The lowest BCUT2D eigenvalue weighted by atomic mass is 9.96. The summed E-state index contributed by atoms with van der Waals surface area (Å²) in [7, 11) is 0. The van der Waals surface area contributed by atoms with Crippen LogP contribution in [0.15, 0.2) is 48.8 Å².